The summed E-state index contributed by atoms with van der Waals surface area (Å²) in [6.07, 6.45) is 4.47. The van der Waals surface area contributed by atoms with E-state index < -0.39 is 0 Å². The molecule has 1 fully saturated rings. The third kappa shape index (κ3) is 3.95. The molecule has 0 saturated carbocycles. The molecule has 1 aliphatic rings. The first kappa shape index (κ1) is 16.5. The summed E-state index contributed by atoms with van der Waals surface area (Å²) in [5.74, 6) is 1.59. The Morgan fingerprint density at radius 1 is 1.35 bits per heavy atom. The Balaban J connectivity index is 1.71. The summed E-state index contributed by atoms with van der Waals surface area (Å²) in [6.45, 7) is 4.89. The molecular formula is C16H22N4OS2. The van der Waals surface area contributed by atoms with Gasteiger partial charge in [-0.3, -0.25) is 4.79 Å². The van der Waals surface area contributed by atoms with Crippen LogP contribution in [-0.4, -0.2) is 44.4 Å². The highest BCUT2D eigenvalue weighted by Gasteiger charge is 2.20. The second-order valence-corrected chi connectivity index (χ2v) is 7.56. The SMILES string of the molecule is CCCCn1c(SCC(=O)N2CCCC2)nnc1-c1cccs1. The Hall–Kier alpha value is -1.34. The lowest BCUT2D eigenvalue weighted by molar-refractivity contribution is -0.127. The number of rotatable bonds is 7. The first-order chi connectivity index (χ1) is 11.3. The van der Waals surface area contributed by atoms with Crippen molar-refractivity contribution in [1.82, 2.24) is 19.7 Å². The molecule has 2 aromatic rings. The highest BCUT2D eigenvalue weighted by Crippen LogP contribution is 2.28. The number of thiophene rings is 1. The molecule has 0 aliphatic carbocycles. The largest absolute Gasteiger partial charge is 0.342 e. The van der Waals surface area contributed by atoms with Gasteiger partial charge < -0.3 is 9.47 Å². The summed E-state index contributed by atoms with van der Waals surface area (Å²) in [5, 5.41) is 11.6. The van der Waals surface area contributed by atoms with Crippen molar-refractivity contribution in [2.75, 3.05) is 18.8 Å². The fraction of sp³-hybridized carbons (Fsp3) is 0.562. The van der Waals surface area contributed by atoms with E-state index >= 15 is 0 Å². The zero-order valence-corrected chi connectivity index (χ0v) is 15.0. The minimum absolute atomic E-state index is 0.218. The van der Waals surface area contributed by atoms with Crippen LogP contribution in [0.2, 0.25) is 0 Å². The Kier molecular flexibility index (Phi) is 5.72. The smallest absolute Gasteiger partial charge is 0.233 e. The van der Waals surface area contributed by atoms with Crippen LogP contribution in [0.25, 0.3) is 10.7 Å². The normalized spacial score (nSPS) is 14.6. The van der Waals surface area contributed by atoms with Crippen LogP contribution in [-0.2, 0) is 11.3 Å². The van der Waals surface area contributed by atoms with Crippen molar-refractivity contribution in [3.05, 3.63) is 17.5 Å². The van der Waals surface area contributed by atoms with E-state index in [0.29, 0.717) is 5.75 Å². The molecule has 1 saturated heterocycles. The van der Waals surface area contributed by atoms with Crippen LogP contribution >= 0.6 is 23.1 Å². The van der Waals surface area contributed by atoms with Gasteiger partial charge in [0, 0.05) is 19.6 Å². The molecule has 2 aromatic heterocycles. The van der Waals surface area contributed by atoms with Gasteiger partial charge in [0.15, 0.2) is 11.0 Å². The average Bonchev–Trinajstić information content (AvgIpc) is 3.31. The van der Waals surface area contributed by atoms with Gasteiger partial charge in [0.05, 0.1) is 10.6 Å². The maximum Gasteiger partial charge on any atom is 0.233 e. The topological polar surface area (TPSA) is 51.0 Å². The van der Waals surface area contributed by atoms with Gasteiger partial charge in [-0.1, -0.05) is 31.2 Å². The number of carbonyl (C=O) groups excluding carboxylic acids is 1. The lowest BCUT2D eigenvalue weighted by Crippen LogP contribution is -2.29. The number of aromatic nitrogens is 3. The van der Waals surface area contributed by atoms with E-state index in [9.17, 15) is 4.79 Å². The van der Waals surface area contributed by atoms with Gasteiger partial charge in [-0.15, -0.1) is 21.5 Å². The van der Waals surface area contributed by atoms with E-state index in [2.05, 4.69) is 33.1 Å². The Morgan fingerprint density at radius 2 is 2.17 bits per heavy atom. The van der Waals surface area contributed by atoms with Crippen molar-refractivity contribution in [3.8, 4) is 10.7 Å². The van der Waals surface area contributed by atoms with Gasteiger partial charge in [0.25, 0.3) is 0 Å². The molecule has 7 heteroatoms. The first-order valence-corrected chi connectivity index (χ1v) is 10.0. The predicted molar refractivity (Wildman–Crippen MR) is 94.8 cm³/mol. The van der Waals surface area contributed by atoms with Gasteiger partial charge in [0.1, 0.15) is 0 Å². The Bertz CT molecular complexity index is 633. The number of nitrogens with zero attached hydrogens (tertiary/aromatic N) is 4. The van der Waals surface area contributed by atoms with Gasteiger partial charge in [-0.2, -0.15) is 0 Å². The molecule has 0 radical (unpaired) electrons. The fourth-order valence-electron chi connectivity index (χ4n) is 2.69. The third-order valence-corrected chi connectivity index (χ3v) is 5.79. The molecule has 0 unspecified atom stereocenters. The maximum absolute atomic E-state index is 12.2. The molecule has 124 valence electrons. The molecular weight excluding hydrogens is 328 g/mol. The van der Waals surface area contributed by atoms with Gasteiger partial charge in [-0.25, -0.2) is 0 Å². The number of amides is 1. The van der Waals surface area contributed by atoms with Crippen LogP contribution in [0.4, 0.5) is 0 Å². The van der Waals surface area contributed by atoms with Gasteiger partial charge in [-0.05, 0) is 30.7 Å². The lowest BCUT2D eigenvalue weighted by atomic mass is 10.3. The van der Waals surface area contributed by atoms with Gasteiger partial charge >= 0.3 is 0 Å². The van der Waals surface area contributed by atoms with Crippen LogP contribution in [0.5, 0.6) is 0 Å². The van der Waals surface area contributed by atoms with E-state index in [1.807, 2.05) is 11.0 Å². The molecule has 0 N–H and O–H groups in total. The van der Waals surface area contributed by atoms with E-state index in [1.54, 1.807) is 11.3 Å². The monoisotopic (exact) mass is 350 g/mol. The van der Waals surface area contributed by atoms with E-state index in [0.717, 1.165) is 61.2 Å². The minimum Gasteiger partial charge on any atom is -0.342 e. The molecule has 0 spiro atoms. The van der Waals surface area contributed by atoms with Crippen molar-refractivity contribution in [3.63, 3.8) is 0 Å². The predicted octanol–water partition coefficient (Wildman–Crippen LogP) is 3.52. The standard InChI is InChI=1S/C16H22N4OS2/c1-2-3-10-20-15(13-7-6-11-22-13)17-18-16(20)23-12-14(21)19-8-4-5-9-19/h6-7,11H,2-5,8-10,12H2,1H3. The minimum atomic E-state index is 0.218. The van der Waals surface area contributed by atoms with Crippen molar-refractivity contribution >= 4 is 29.0 Å². The second kappa shape index (κ2) is 7.97. The van der Waals surface area contributed by atoms with Crippen LogP contribution in [0.15, 0.2) is 22.7 Å². The number of thioether (sulfide) groups is 1. The molecule has 1 aliphatic heterocycles. The number of likely N-dealkylation sites (tertiary alicyclic amines) is 1. The Labute approximate surface area is 145 Å². The van der Waals surface area contributed by atoms with E-state index in [-0.39, 0.29) is 5.91 Å². The van der Waals surface area contributed by atoms with Crippen molar-refractivity contribution < 1.29 is 4.79 Å². The van der Waals surface area contributed by atoms with Crippen LogP contribution in [0.3, 0.4) is 0 Å². The van der Waals surface area contributed by atoms with Crippen molar-refractivity contribution in [2.24, 2.45) is 0 Å². The zero-order valence-electron chi connectivity index (χ0n) is 13.4. The van der Waals surface area contributed by atoms with Crippen LogP contribution in [0.1, 0.15) is 32.6 Å². The highest BCUT2D eigenvalue weighted by atomic mass is 32.2. The summed E-state index contributed by atoms with van der Waals surface area (Å²) >= 11 is 3.19. The third-order valence-electron chi connectivity index (χ3n) is 3.98. The molecule has 3 rings (SSSR count). The molecule has 0 bridgehead atoms. The summed E-state index contributed by atoms with van der Waals surface area (Å²) < 4.78 is 2.16. The number of hydrogen-bond acceptors (Lipinski definition) is 5. The molecule has 3 heterocycles. The molecule has 5 nitrogen and oxygen atoms in total. The van der Waals surface area contributed by atoms with Gasteiger partial charge in [0.2, 0.25) is 5.91 Å². The van der Waals surface area contributed by atoms with Crippen LogP contribution < -0.4 is 0 Å². The highest BCUT2D eigenvalue weighted by molar-refractivity contribution is 7.99. The van der Waals surface area contributed by atoms with Crippen molar-refractivity contribution in [2.45, 2.75) is 44.3 Å². The number of unbranched alkanes of at least 4 members (excludes halogenated alkanes) is 1. The molecule has 0 aromatic carbocycles. The molecule has 23 heavy (non-hydrogen) atoms. The van der Waals surface area contributed by atoms with Crippen LogP contribution in [0, 0.1) is 0 Å². The summed E-state index contributed by atoms with van der Waals surface area (Å²) in [5.41, 5.74) is 0. The molecule has 1 amide bonds. The quantitative estimate of drug-likeness (QED) is 0.717. The summed E-state index contributed by atoms with van der Waals surface area (Å²) in [7, 11) is 0. The van der Waals surface area contributed by atoms with Crippen molar-refractivity contribution in [1.29, 1.82) is 0 Å². The first-order valence-electron chi connectivity index (χ1n) is 8.17. The van der Waals surface area contributed by atoms with E-state index in [4.69, 9.17) is 0 Å². The zero-order chi connectivity index (χ0) is 16.1. The average molecular weight is 351 g/mol. The fourth-order valence-corrected chi connectivity index (χ4v) is 4.27. The molecule has 0 atom stereocenters. The summed E-state index contributed by atoms with van der Waals surface area (Å²) in [6, 6.07) is 4.10. The lowest BCUT2D eigenvalue weighted by Gasteiger charge is -2.14. The number of hydrogen-bond donors (Lipinski definition) is 0. The maximum atomic E-state index is 12.2. The second-order valence-electron chi connectivity index (χ2n) is 5.67. The summed E-state index contributed by atoms with van der Waals surface area (Å²) in [4.78, 5) is 15.3. The number of carbonyl (C=O) groups is 1. The Morgan fingerprint density at radius 3 is 2.87 bits per heavy atom. The van der Waals surface area contributed by atoms with E-state index in [1.165, 1.54) is 11.8 Å².